The molecule has 1 aliphatic heterocycles. The van der Waals surface area contributed by atoms with E-state index >= 15 is 0 Å². The zero-order chi connectivity index (χ0) is 10.1. The number of carboxylic acid groups (broad SMARTS) is 2. The molecule has 0 bridgehead atoms. The Bertz CT molecular complexity index is 177. The Labute approximate surface area is 80.7 Å². The Hall–Kier alpha value is -1.44. The van der Waals surface area contributed by atoms with Gasteiger partial charge < -0.3 is 26.3 Å². The fraction of sp³-hybridized carbons (Fsp3) is 0.429. The maximum Gasteiger partial charge on any atom is 0.328 e. The van der Waals surface area contributed by atoms with E-state index in [4.69, 9.17) is 10.2 Å². The van der Waals surface area contributed by atoms with Crippen LogP contribution in [-0.4, -0.2) is 47.4 Å². The molecule has 0 aliphatic carbocycles. The molecule has 6 N–H and O–H groups in total. The Balaban J connectivity index is 0. The average Bonchev–Trinajstić information content (AvgIpc) is 2.57. The van der Waals surface area contributed by atoms with Gasteiger partial charge in [0, 0.05) is 31.9 Å². The summed E-state index contributed by atoms with van der Waals surface area (Å²) in [5.41, 5.74) is 0. The van der Waals surface area contributed by atoms with Crippen LogP contribution in [0.1, 0.15) is 0 Å². The van der Waals surface area contributed by atoms with Crippen molar-refractivity contribution in [1.82, 2.24) is 10.6 Å². The number of nitrogens with one attached hydrogen (secondary N) is 2. The standard InChI is InChI=1S/C4H4O4.C3H8N2.H2O/c5-3(6)1-2-4(7)8;1-2-5-3-4-1;/h1-2H,(H,5,6)(H,7,8);4-5H,1-3H2;1H2/b2-1+;;. The first-order chi connectivity index (χ1) is 6.13. The van der Waals surface area contributed by atoms with Crippen molar-refractivity contribution in [3.63, 3.8) is 0 Å². The van der Waals surface area contributed by atoms with Crippen LogP contribution in [0.3, 0.4) is 0 Å². The zero-order valence-electron chi connectivity index (χ0n) is 7.49. The molecule has 14 heavy (non-hydrogen) atoms. The highest BCUT2D eigenvalue weighted by Crippen LogP contribution is 1.70. The molecule has 7 heteroatoms. The van der Waals surface area contributed by atoms with Gasteiger partial charge in [-0.15, -0.1) is 0 Å². The Kier molecular flexibility index (Phi) is 10.4. The molecule has 1 rings (SSSR count). The normalized spacial score (nSPS) is 14.0. The third-order valence-electron chi connectivity index (χ3n) is 1.10. The van der Waals surface area contributed by atoms with E-state index in [1.54, 1.807) is 0 Å². The summed E-state index contributed by atoms with van der Waals surface area (Å²) in [6.45, 7) is 3.28. The Morgan fingerprint density at radius 3 is 1.50 bits per heavy atom. The molecule has 0 aromatic rings. The highest BCUT2D eigenvalue weighted by atomic mass is 16.4. The van der Waals surface area contributed by atoms with Gasteiger partial charge in [-0.05, 0) is 0 Å². The fourth-order valence-corrected chi connectivity index (χ4v) is 0.585. The highest BCUT2D eigenvalue weighted by Gasteiger charge is 1.90. The van der Waals surface area contributed by atoms with Gasteiger partial charge in [0.05, 0.1) is 0 Å². The van der Waals surface area contributed by atoms with Gasteiger partial charge in [0.15, 0.2) is 0 Å². The lowest BCUT2D eigenvalue weighted by Gasteiger charge is -1.77. The number of hydrogen-bond donors (Lipinski definition) is 4. The van der Waals surface area contributed by atoms with Crippen LogP contribution in [0.4, 0.5) is 0 Å². The summed E-state index contributed by atoms with van der Waals surface area (Å²) in [5.74, 6) is -2.51. The van der Waals surface area contributed by atoms with E-state index in [0.29, 0.717) is 12.2 Å². The van der Waals surface area contributed by atoms with Crippen LogP contribution in [0.5, 0.6) is 0 Å². The van der Waals surface area contributed by atoms with Gasteiger partial charge in [-0.3, -0.25) is 0 Å². The number of hydrogen-bond acceptors (Lipinski definition) is 4. The van der Waals surface area contributed by atoms with Crippen molar-refractivity contribution in [3.05, 3.63) is 12.2 Å². The summed E-state index contributed by atoms with van der Waals surface area (Å²) in [6.07, 6.45) is 1.12. The van der Waals surface area contributed by atoms with Crippen LogP contribution < -0.4 is 10.6 Å². The SMILES string of the molecule is C1CNCN1.O.O=C(O)/C=C/C(=O)O. The van der Waals surface area contributed by atoms with Crippen molar-refractivity contribution in [1.29, 1.82) is 0 Å². The minimum atomic E-state index is -1.26. The van der Waals surface area contributed by atoms with Crippen LogP contribution in [0.25, 0.3) is 0 Å². The van der Waals surface area contributed by atoms with Crippen LogP contribution >= 0.6 is 0 Å². The van der Waals surface area contributed by atoms with Crippen molar-refractivity contribution in [2.75, 3.05) is 19.8 Å². The summed E-state index contributed by atoms with van der Waals surface area (Å²) in [5, 5.41) is 21.8. The van der Waals surface area contributed by atoms with E-state index < -0.39 is 11.9 Å². The van der Waals surface area contributed by atoms with E-state index in [9.17, 15) is 9.59 Å². The molecule has 0 aromatic carbocycles. The molecule has 0 aromatic heterocycles. The maximum atomic E-state index is 9.55. The number of rotatable bonds is 2. The summed E-state index contributed by atoms with van der Waals surface area (Å²) in [4.78, 5) is 19.1. The summed E-state index contributed by atoms with van der Waals surface area (Å²) in [6, 6.07) is 0. The lowest BCUT2D eigenvalue weighted by Crippen LogP contribution is -2.11. The smallest absolute Gasteiger partial charge is 0.328 e. The number of carboxylic acids is 2. The zero-order valence-corrected chi connectivity index (χ0v) is 7.49. The largest absolute Gasteiger partial charge is 0.478 e. The molecule has 1 saturated heterocycles. The van der Waals surface area contributed by atoms with Gasteiger partial charge in [-0.25, -0.2) is 9.59 Å². The summed E-state index contributed by atoms with van der Waals surface area (Å²) < 4.78 is 0. The van der Waals surface area contributed by atoms with E-state index in [2.05, 4.69) is 10.6 Å². The molecule has 82 valence electrons. The Morgan fingerprint density at radius 1 is 1.00 bits per heavy atom. The van der Waals surface area contributed by atoms with Crippen LogP contribution in [0, 0.1) is 0 Å². The van der Waals surface area contributed by atoms with Crippen LogP contribution in [-0.2, 0) is 9.59 Å². The first-order valence-corrected chi connectivity index (χ1v) is 3.68. The van der Waals surface area contributed by atoms with Crippen molar-refractivity contribution >= 4 is 11.9 Å². The topological polar surface area (TPSA) is 130 Å². The monoisotopic (exact) mass is 206 g/mol. The molecule has 0 amide bonds. The molecule has 1 aliphatic rings. The second kappa shape index (κ2) is 9.65. The first-order valence-electron chi connectivity index (χ1n) is 3.68. The molecule has 0 atom stereocenters. The highest BCUT2D eigenvalue weighted by molar-refractivity contribution is 5.89. The second-order valence-corrected chi connectivity index (χ2v) is 2.19. The average molecular weight is 206 g/mol. The molecule has 1 heterocycles. The lowest BCUT2D eigenvalue weighted by molar-refractivity contribution is -0.134. The molecule has 0 saturated carbocycles. The molecular weight excluding hydrogens is 192 g/mol. The fourth-order valence-electron chi connectivity index (χ4n) is 0.585. The molecule has 0 radical (unpaired) electrons. The second-order valence-electron chi connectivity index (χ2n) is 2.19. The van der Waals surface area contributed by atoms with E-state index in [1.165, 1.54) is 0 Å². The molecule has 1 fully saturated rings. The predicted molar refractivity (Wildman–Crippen MR) is 48.9 cm³/mol. The summed E-state index contributed by atoms with van der Waals surface area (Å²) >= 11 is 0. The van der Waals surface area contributed by atoms with Gasteiger partial charge in [0.1, 0.15) is 0 Å². The van der Waals surface area contributed by atoms with E-state index in [1.807, 2.05) is 0 Å². The van der Waals surface area contributed by atoms with Crippen molar-refractivity contribution in [2.24, 2.45) is 0 Å². The minimum Gasteiger partial charge on any atom is -0.478 e. The van der Waals surface area contributed by atoms with Gasteiger partial charge in [0.25, 0.3) is 0 Å². The quantitative estimate of drug-likeness (QED) is 0.387. The number of carbonyl (C=O) groups is 2. The van der Waals surface area contributed by atoms with Gasteiger partial charge in [-0.2, -0.15) is 0 Å². The Morgan fingerprint density at radius 2 is 1.36 bits per heavy atom. The lowest BCUT2D eigenvalue weighted by atomic mass is 10.5. The van der Waals surface area contributed by atoms with Crippen molar-refractivity contribution in [3.8, 4) is 0 Å². The third kappa shape index (κ3) is 13.2. The number of aliphatic carboxylic acids is 2. The van der Waals surface area contributed by atoms with Crippen molar-refractivity contribution in [2.45, 2.75) is 0 Å². The van der Waals surface area contributed by atoms with Gasteiger partial charge in [-0.1, -0.05) is 0 Å². The first kappa shape index (κ1) is 15.1. The predicted octanol–water partition coefficient (Wildman–Crippen LogP) is -1.98. The molecule has 0 unspecified atom stereocenters. The molecule has 0 spiro atoms. The van der Waals surface area contributed by atoms with Crippen LogP contribution in [0.2, 0.25) is 0 Å². The third-order valence-corrected chi connectivity index (χ3v) is 1.10. The maximum absolute atomic E-state index is 9.55. The van der Waals surface area contributed by atoms with Gasteiger partial charge in [0.2, 0.25) is 0 Å². The van der Waals surface area contributed by atoms with Gasteiger partial charge >= 0.3 is 11.9 Å². The van der Waals surface area contributed by atoms with E-state index in [0.717, 1.165) is 19.8 Å². The van der Waals surface area contributed by atoms with Crippen molar-refractivity contribution < 1.29 is 25.3 Å². The molecule has 7 nitrogen and oxygen atoms in total. The van der Waals surface area contributed by atoms with Crippen LogP contribution in [0.15, 0.2) is 12.2 Å². The molecular formula is C7H14N2O5. The summed E-state index contributed by atoms with van der Waals surface area (Å²) in [7, 11) is 0. The minimum absolute atomic E-state index is 0. The van der Waals surface area contributed by atoms with E-state index in [-0.39, 0.29) is 5.48 Å².